The molecule has 0 unspecified atom stereocenters. The third-order valence-electron chi connectivity index (χ3n) is 5.66. The van der Waals surface area contributed by atoms with E-state index < -0.39 is 0 Å². The summed E-state index contributed by atoms with van der Waals surface area (Å²) in [4.78, 5) is 0. The molecule has 0 saturated heterocycles. The van der Waals surface area contributed by atoms with Crippen LogP contribution in [0.1, 0.15) is 11.1 Å². The maximum Gasteiger partial charge on any atom is 0.123 e. The van der Waals surface area contributed by atoms with E-state index in [0.29, 0.717) is 0 Å². The van der Waals surface area contributed by atoms with Crippen LogP contribution in [-0.2, 0) is 0 Å². The number of hydrogen-bond acceptors (Lipinski definition) is 2. The van der Waals surface area contributed by atoms with Crippen LogP contribution in [0.4, 0.5) is 0 Å². The minimum atomic E-state index is 0.884. The van der Waals surface area contributed by atoms with E-state index >= 15 is 0 Å². The van der Waals surface area contributed by atoms with Crippen LogP contribution in [0.3, 0.4) is 0 Å². The van der Waals surface area contributed by atoms with Crippen LogP contribution in [0.2, 0.25) is 0 Å². The van der Waals surface area contributed by atoms with Crippen molar-refractivity contribution in [3.05, 3.63) is 96.1 Å². The second-order valence-corrected chi connectivity index (χ2v) is 7.43. The molecule has 0 spiro atoms. The molecule has 0 radical (unpaired) electrons. The molecule has 2 nitrogen and oxygen atoms in total. The van der Waals surface area contributed by atoms with Crippen LogP contribution < -0.4 is 9.47 Å². The average Bonchev–Trinajstić information content (AvgIpc) is 2.81. The van der Waals surface area contributed by atoms with Gasteiger partial charge in [0.1, 0.15) is 11.5 Å². The first-order chi connectivity index (χ1) is 14.6. The van der Waals surface area contributed by atoms with E-state index in [1.807, 2.05) is 12.1 Å². The molecule has 0 aliphatic heterocycles. The van der Waals surface area contributed by atoms with Gasteiger partial charge in [0.25, 0.3) is 0 Å². The summed E-state index contributed by atoms with van der Waals surface area (Å²) < 4.78 is 11.5. The van der Waals surface area contributed by atoms with E-state index in [1.165, 1.54) is 11.1 Å². The summed E-state index contributed by atoms with van der Waals surface area (Å²) in [5, 5.41) is 0. The first-order valence-corrected chi connectivity index (χ1v) is 10.1. The molecule has 4 aromatic rings. The third kappa shape index (κ3) is 3.69. The highest BCUT2D eigenvalue weighted by molar-refractivity contribution is 5.84. The Balaban J connectivity index is 1.97. The van der Waals surface area contributed by atoms with Crippen molar-refractivity contribution in [2.45, 2.75) is 13.8 Å². The summed E-state index contributed by atoms with van der Waals surface area (Å²) in [5.41, 5.74) is 9.15. The van der Waals surface area contributed by atoms with Crippen molar-refractivity contribution >= 4 is 0 Å². The fraction of sp³-hybridized carbons (Fsp3) is 0.143. The van der Waals surface area contributed by atoms with Crippen molar-refractivity contribution in [1.82, 2.24) is 0 Å². The van der Waals surface area contributed by atoms with Crippen molar-refractivity contribution in [1.29, 1.82) is 0 Å². The van der Waals surface area contributed by atoms with Gasteiger partial charge in [-0.3, -0.25) is 0 Å². The average molecular weight is 395 g/mol. The maximum atomic E-state index is 5.75. The SMILES string of the molecule is COc1cc(-c2ccccc2)cc(-c2cc(-c3ccccc3)cc(OC)c2C)c1C. The van der Waals surface area contributed by atoms with E-state index in [2.05, 4.69) is 86.6 Å². The lowest BCUT2D eigenvalue weighted by molar-refractivity contribution is 0.411. The summed E-state index contributed by atoms with van der Waals surface area (Å²) in [6.07, 6.45) is 0. The largest absolute Gasteiger partial charge is 0.496 e. The molecule has 0 heterocycles. The van der Waals surface area contributed by atoms with Crippen LogP contribution >= 0.6 is 0 Å². The fourth-order valence-corrected chi connectivity index (χ4v) is 3.95. The Kier molecular flexibility index (Phi) is 5.58. The summed E-state index contributed by atoms with van der Waals surface area (Å²) in [5.74, 6) is 1.77. The van der Waals surface area contributed by atoms with Gasteiger partial charge in [-0.2, -0.15) is 0 Å². The zero-order valence-corrected chi connectivity index (χ0v) is 17.9. The number of rotatable bonds is 5. The van der Waals surface area contributed by atoms with Gasteiger partial charge in [-0.15, -0.1) is 0 Å². The Morgan fingerprint density at radius 3 is 1.17 bits per heavy atom. The van der Waals surface area contributed by atoms with E-state index in [4.69, 9.17) is 9.47 Å². The van der Waals surface area contributed by atoms with Crippen LogP contribution in [0, 0.1) is 13.8 Å². The second-order valence-electron chi connectivity index (χ2n) is 7.43. The van der Waals surface area contributed by atoms with Gasteiger partial charge in [0.05, 0.1) is 14.2 Å². The van der Waals surface area contributed by atoms with E-state index in [-0.39, 0.29) is 0 Å². The Hall–Kier alpha value is -3.52. The zero-order valence-electron chi connectivity index (χ0n) is 17.9. The molecule has 0 fully saturated rings. The standard InChI is InChI=1S/C28H26O2/c1-19-25(15-23(17-27(19)29-3)21-11-7-5-8-12-21)26-16-24(18-28(30-4)20(26)2)22-13-9-6-10-14-22/h5-18H,1-4H3. The molecular formula is C28H26O2. The number of hydrogen-bond donors (Lipinski definition) is 0. The molecule has 150 valence electrons. The van der Waals surface area contributed by atoms with Crippen molar-refractivity contribution in [2.24, 2.45) is 0 Å². The van der Waals surface area contributed by atoms with Gasteiger partial charge in [0.15, 0.2) is 0 Å². The lowest BCUT2D eigenvalue weighted by Crippen LogP contribution is -1.97. The minimum Gasteiger partial charge on any atom is -0.496 e. The van der Waals surface area contributed by atoms with E-state index in [0.717, 1.165) is 44.9 Å². The number of methoxy groups -OCH3 is 2. The highest BCUT2D eigenvalue weighted by Gasteiger charge is 2.16. The molecule has 0 aromatic heterocycles. The molecule has 0 atom stereocenters. The fourth-order valence-electron chi connectivity index (χ4n) is 3.95. The smallest absolute Gasteiger partial charge is 0.123 e. The van der Waals surface area contributed by atoms with Crippen molar-refractivity contribution < 1.29 is 9.47 Å². The van der Waals surface area contributed by atoms with Gasteiger partial charge in [-0.25, -0.2) is 0 Å². The highest BCUT2D eigenvalue weighted by Crippen LogP contribution is 2.41. The number of benzene rings is 4. The normalized spacial score (nSPS) is 10.7. The Bertz CT molecular complexity index is 1070. The highest BCUT2D eigenvalue weighted by atomic mass is 16.5. The summed E-state index contributed by atoms with van der Waals surface area (Å²) in [7, 11) is 3.46. The van der Waals surface area contributed by atoms with Crippen molar-refractivity contribution in [3.8, 4) is 44.9 Å². The van der Waals surface area contributed by atoms with Gasteiger partial charge in [0.2, 0.25) is 0 Å². The first-order valence-electron chi connectivity index (χ1n) is 10.1. The topological polar surface area (TPSA) is 18.5 Å². The zero-order chi connectivity index (χ0) is 21.1. The number of ether oxygens (including phenoxy) is 2. The van der Waals surface area contributed by atoms with Crippen molar-refractivity contribution in [3.63, 3.8) is 0 Å². The molecular weight excluding hydrogens is 368 g/mol. The summed E-state index contributed by atoms with van der Waals surface area (Å²) in [6.45, 7) is 4.23. The molecule has 0 amide bonds. The third-order valence-corrected chi connectivity index (χ3v) is 5.66. The minimum absolute atomic E-state index is 0.884. The van der Waals surface area contributed by atoms with Gasteiger partial charge in [-0.1, -0.05) is 60.7 Å². The molecule has 0 aliphatic carbocycles. The van der Waals surface area contributed by atoms with Gasteiger partial charge in [0, 0.05) is 0 Å². The molecule has 0 saturated carbocycles. The lowest BCUT2D eigenvalue weighted by Gasteiger charge is -2.19. The lowest BCUT2D eigenvalue weighted by atomic mass is 9.89. The second kappa shape index (κ2) is 8.46. The van der Waals surface area contributed by atoms with Gasteiger partial charge < -0.3 is 9.47 Å². The van der Waals surface area contributed by atoms with Gasteiger partial charge in [-0.05, 0) is 82.6 Å². The predicted octanol–water partition coefficient (Wildman–Crippen LogP) is 7.32. The monoisotopic (exact) mass is 394 g/mol. The molecule has 30 heavy (non-hydrogen) atoms. The summed E-state index contributed by atoms with van der Waals surface area (Å²) in [6, 6.07) is 29.6. The van der Waals surface area contributed by atoms with Crippen molar-refractivity contribution in [2.75, 3.05) is 14.2 Å². The molecule has 0 aliphatic rings. The van der Waals surface area contributed by atoms with Crippen LogP contribution in [0.25, 0.3) is 33.4 Å². The summed E-state index contributed by atoms with van der Waals surface area (Å²) >= 11 is 0. The van der Waals surface area contributed by atoms with Crippen LogP contribution in [0.15, 0.2) is 84.9 Å². The van der Waals surface area contributed by atoms with Crippen LogP contribution in [0.5, 0.6) is 11.5 Å². The van der Waals surface area contributed by atoms with Gasteiger partial charge >= 0.3 is 0 Å². The Morgan fingerprint density at radius 1 is 0.467 bits per heavy atom. The molecule has 2 heteroatoms. The van der Waals surface area contributed by atoms with E-state index in [1.54, 1.807) is 14.2 Å². The first kappa shape index (κ1) is 19.8. The Labute approximate surface area is 178 Å². The molecule has 0 bridgehead atoms. The molecule has 4 rings (SSSR count). The van der Waals surface area contributed by atoms with Crippen LogP contribution in [-0.4, -0.2) is 14.2 Å². The maximum absolute atomic E-state index is 5.75. The van der Waals surface area contributed by atoms with E-state index in [9.17, 15) is 0 Å². The quantitative estimate of drug-likeness (QED) is 0.353. The molecule has 0 N–H and O–H groups in total. The Morgan fingerprint density at radius 2 is 0.833 bits per heavy atom. The molecule has 4 aromatic carbocycles. The predicted molar refractivity (Wildman–Crippen MR) is 125 cm³/mol.